The Morgan fingerprint density at radius 1 is 1.50 bits per heavy atom. The van der Waals surface area contributed by atoms with Crippen LogP contribution < -0.4 is 5.32 Å². The average molecular weight is 182 g/mol. The molecule has 0 bridgehead atoms. The van der Waals surface area contributed by atoms with Crippen molar-refractivity contribution in [3.8, 4) is 0 Å². The van der Waals surface area contributed by atoms with E-state index in [1.807, 2.05) is 0 Å². The topological polar surface area (TPSA) is 29.1 Å². The molecule has 1 amide bonds. The maximum atomic E-state index is 11.5. The molecule has 0 unspecified atom stereocenters. The van der Waals surface area contributed by atoms with Gasteiger partial charge in [0.05, 0.1) is 0 Å². The van der Waals surface area contributed by atoms with Gasteiger partial charge in [0.25, 0.3) is 0 Å². The van der Waals surface area contributed by atoms with Gasteiger partial charge in [0.1, 0.15) is 0 Å². The fraction of sp³-hybridized carbons (Fsp3) is 0.714. The van der Waals surface area contributed by atoms with Crippen molar-refractivity contribution < 1.29 is 18.0 Å². The molecule has 0 aliphatic carbocycles. The Labute approximate surface area is 69.1 Å². The van der Waals surface area contributed by atoms with E-state index in [2.05, 4.69) is 5.32 Å². The van der Waals surface area contributed by atoms with Crippen LogP contribution in [0, 0.1) is 6.42 Å². The summed E-state index contributed by atoms with van der Waals surface area (Å²) in [6.45, 7) is 1.60. The van der Waals surface area contributed by atoms with Crippen molar-refractivity contribution in [3.05, 3.63) is 6.42 Å². The molecule has 71 valence electrons. The van der Waals surface area contributed by atoms with E-state index in [1.165, 1.54) is 13.3 Å². The molecule has 0 aliphatic heterocycles. The van der Waals surface area contributed by atoms with Gasteiger partial charge in [-0.15, -0.1) is 0 Å². The van der Waals surface area contributed by atoms with Gasteiger partial charge < -0.3 is 5.32 Å². The number of carbonyl (C=O) groups is 1. The smallest absolute Gasteiger partial charge is 0.356 e. The lowest BCUT2D eigenvalue weighted by Crippen LogP contribution is -2.24. The van der Waals surface area contributed by atoms with Crippen molar-refractivity contribution in [2.75, 3.05) is 6.54 Å². The number of hydrogen-bond acceptors (Lipinski definition) is 1. The van der Waals surface area contributed by atoms with Crippen LogP contribution in [0.1, 0.15) is 19.8 Å². The molecule has 0 aromatic heterocycles. The van der Waals surface area contributed by atoms with Crippen molar-refractivity contribution in [1.29, 1.82) is 0 Å². The SMILES string of the molecule is C[CH]C(=O)NCCCC(F)(F)F. The molecule has 0 saturated heterocycles. The zero-order valence-electron chi connectivity index (χ0n) is 6.74. The van der Waals surface area contributed by atoms with Gasteiger partial charge in [-0.05, 0) is 6.42 Å². The Hall–Kier alpha value is -0.740. The third-order valence-corrected chi connectivity index (χ3v) is 1.20. The normalized spacial score (nSPS) is 11.3. The minimum Gasteiger partial charge on any atom is -0.356 e. The van der Waals surface area contributed by atoms with E-state index in [1.54, 1.807) is 0 Å². The molecule has 0 aliphatic rings. The Bertz CT molecular complexity index is 144. The molecule has 0 spiro atoms. The number of amides is 1. The van der Waals surface area contributed by atoms with Crippen molar-refractivity contribution in [2.45, 2.75) is 25.9 Å². The zero-order valence-corrected chi connectivity index (χ0v) is 6.74. The van der Waals surface area contributed by atoms with E-state index in [4.69, 9.17) is 0 Å². The highest BCUT2D eigenvalue weighted by atomic mass is 19.4. The van der Waals surface area contributed by atoms with Crippen LogP contribution in [0.5, 0.6) is 0 Å². The summed E-state index contributed by atoms with van der Waals surface area (Å²) < 4.78 is 34.6. The number of hydrogen-bond donors (Lipinski definition) is 1. The Morgan fingerprint density at radius 2 is 2.08 bits per heavy atom. The first kappa shape index (κ1) is 11.3. The van der Waals surface area contributed by atoms with Crippen LogP contribution in [-0.4, -0.2) is 18.6 Å². The van der Waals surface area contributed by atoms with E-state index < -0.39 is 12.6 Å². The molecular formula is C7H11F3NO. The summed E-state index contributed by atoms with van der Waals surface area (Å²) in [5.41, 5.74) is 0. The molecule has 0 aromatic rings. The standard InChI is InChI=1S/C7H11F3NO/c1-2-6(12)11-5-3-4-7(8,9)10/h2H,3-5H2,1H3,(H,11,12). The average Bonchev–Trinajstić information content (AvgIpc) is 1.96. The summed E-state index contributed by atoms with van der Waals surface area (Å²) in [7, 11) is 0. The minimum absolute atomic E-state index is 0.0664. The van der Waals surface area contributed by atoms with Gasteiger partial charge in [-0.3, -0.25) is 4.79 Å². The summed E-state index contributed by atoms with van der Waals surface area (Å²) in [6.07, 6.45) is -3.77. The summed E-state index contributed by atoms with van der Waals surface area (Å²) in [5.74, 6) is -0.336. The first-order valence-corrected chi connectivity index (χ1v) is 3.59. The highest BCUT2D eigenvalue weighted by molar-refractivity contribution is 5.83. The monoisotopic (exact) mass is 182 g/mol. The Balaban J connectivity index is 3.28. The molecule has 12 heavy (non-hydrogen) atoms. The summed E-state index contributed by atoms with van der Waals surface area (Å²) >= 11 is 0. The van der Waals surface area contributed by atoms with Crippen LogP contribution in [0.3, 0.4) is 0 Å². The lowest BCUT2D eigenvalue weighted by molar-refractivity contribution is -0.136. The lowest BCUT2D eigenvalue weighted by Gasteiger charge is -2.06. The van der Waals surface area contributed by atoms with Gasteiger partial charge in [-0.1, -0.05) is 6.92 Å². The number of halogens is 3. The third-order valence-electron chi connectivity index (χ3n) is 1.20. The fourth-order valence-electron chi connectivity index (χ4n) is 0.602. The van der Waals surface area contributed by atoms with Crippen molar-refractivity contribution in [2.24, 2.45) is 0 Å². The Kier molecular flexibility index (Phi) is 4.70. The van der Waals surface area contributed by atoms with E-state index >= 15 is 0 Å². The number of rotatable bonds is 4. The molecule has 1 radical (unpaired) electrons. The second-order valence-corrected chi connectivity index (χ2v) is 2.30. The van der Waals surface area contributed by atoms with E-state index in [9.17, 15) is 18.0 Å². The first-order valence-electron chi connectivity index (χ1n) is 3.59. The summed E-state index contributed by atoms with van der Waals surface area (Å²) in [6, 6.07) is 0. The van der Waals surface area contributed by atoms with Gasteiger partial charge >= 0.3 is 6.18 Å². The molecule has 0 aromatic carbocycles. The summed E-state index contributed by atoms with van der Waals surface area (Å²) in [4.78, 5) is 10.5. The number of nitrogens with one attached hydrogen (secondary N) is 1. The predicted octanol–water partition coefficient (Wildman–Crippen LogP) is 1.67. The van der Waals surface area contributed by atoms with Crippen LogP contribution in [0.4, 0.5) is 13.2 Å². The second kappa shape index (κ2) is 5.00. The van der Waals surface area contributed by atoms with Gasteiger partial charge in [-0.25, -0.2) is 0 Å². The molecule has 0 atom stereocenters. The van der Waals surface area contributed by atoms with E-state index in [0.717, 1.165) is 0 Å². The van der Waals surface area contributed by atoms with Crippen molar-refractivity contribution in [3.63, 3.8) is 0 Å². The molecule has 2 nitrogen and oxygen atoms in total. The van der Waals surface area contributed by atoms with Crippen LogP contribution in [0.15, 0.2) is 0 Å². The zero-order chi connectivity index (χ0) is 9.61. The van der Waals surface area contributed by atoms with Gasteiger partial charge in [-0.2, -0.15) is 13.2 Å². The van der Waals surface area contributed by atoms with Crippen LogP contribution in [-0.2, 0) is 4.79 Å². The molecular weight excluding hydrogens is 171 g/mol. The van der Waals surface area contributed by atoms with Gasteiger partial charge in [0.2, 0.25) is 5.91 Å². The van der Waals surface area contributed by atoms with Crippen LogP contribution >= 0.6 is 0 Å². The maximum absolute atomic E-state index is 11.5. The molecule has 0 fully saturated rings. The highest BCUT2D eigenvalue weighted by Gasteiger charge is 2.25. The molecule has 0 rings (SSSR count). The number of alkyl halides is 3. The molecule has 0 saturated carbocycles. The second-order valence-electron chi connectivity index (χ2n) is 2.30. The lowest BCUT2D eigenvalue weighted by atomic mass is 10.3. The molecule has 5 heteroatoms. The number of carbonyl (C=O) groups excluding carboxylic acids is 1. The molecule has 0 heterocycles. The quantitative estimate of drug-likeness (QED) is 0.658. The van der Waals surface area contributed by atoms with Crippen molar-refractivity contribution >= 4 is 5.91 Å². The third kappa shape index (κ3) is 7.37. The van der Waals surface area contributed by atoms with E-state index in [0.29, 0.717) is 0 Å². The van der Waals surface area contributed by atoms with E-state index in [-0.39, 0.29) is 18.9 Å². The van der Waals surface area contributed by atoms with Gasteiger partial charge in [0, 0.05) is 19.4 Å². The summed E-state index contributed by atoms with van der Waals surface area (Å²) in [5, 5.41) is 2.31. The van der Waals surface area contributed by atoms with Crippen molar-refractivity contribution in [1.82, 2.24) is 5.32 Å². The van der Waals surface area contributed by atoms with Crippen LogP contribution in [0.2, 0.25) is 0 Å². The molecule has 1 N–H and O–H groups in total. The predicted molar refractivity (Wildman–Crippen MR) is 38.3 cm³/mol. The first-order chi connectivity index (χ1) is 5.45. The van der Waals surface area contributed by atoms with Gasteiger partial charge in [0.15, 0.2) is 0 Å². The van der Waals surface area contributed by atoms with Crippen LogP contribution in [0.25, 0.3) is 0 Å². The maximum Gasteiger partial charge on any atom is 0.389 e. The highest BCUT2D eigenvalue weighted by Crippen LogP contribution is 2.20. The largest absolute Gasteiger partial charge is 0.389 e. The fourth-order valence-corrected chi connectivity index (χ4v) is 0.602. The minimum atomic E-state index is -4.12. The Morgan fingerprint density at radius 3 is 2.50 bits per heavy atom.